The Balaban J connectivity index is 1.71. The van der Waals surface area contributed by atoms with Crippen molar-refractivity contribution in [3.8, 4) is 5.75 Å². The summed E-state index contributed by atoms with van der Waals surface area (Å²) in [5.41, 5.74) is 0.814. The second-order valence-corrected chi connectivity index (χ2v) is 6.33. The number of fused-ring (bicyclic) bond motifs is 1. The van der Waals surface area contributed by atoms with Crippen LogP contribution in [0.5, 0.6) is 5.75 Å². The van der Waals surface area contributed by atoms with Crippen molar-refractivity contribution >= 4 is 45.8 Å². The van der Waals surface area contributed by atoms with Gasteiger partial charge >= 0.3 is 5.97 Å². The molecule has 1 atom stereocenters. The smallest absolute Gasteiger partial charge is 0.305 e. The number of thioether (sulfide) groups is 1. The number of rotatable bonds is 4. The third-order valence-electron chi connectivity index (χ3n) is 3.34. The molecule has 7 nitrogen and oxygen atoms in total. The average Bonchev–Trinajstić information content (AvgIpc) is 2.86. The van der Waals surface area contributed by atoms with Crippen molar-refractivity contribution in [2.45, 2.75) is 11.7 Å². The maximum Gasteiger partial charge on any atom is 0.305 e. The number of hydrogen-bond donors (Lipinski definition) is 3. The summed E-state index contributed by atoms with van der Waals surface area (Å²) in [6.07, 6.45) is 1.29. The minimum Gasteiger partial charge on any atom is -0.508 e. The average molecular weight is 343 g/mol. The molecule has 1 saturated heterocycles. The Morgan fingerprint density at radius 3 is 2.79 bits per heavy atom. The highest BCUT2D eigenvalue weighted by Crippen LogP contribution is 2.23. The molecule has 0 radical (unpaired) electrons. The van der Waals surface area contributed by atoms with Crippen molar-refractivity contribution in [3.05, 3.63) is 42.0 Å². The molecule has 0 bridgehead atoms. The van der Waals surface area contributed by atoms with E-state index in [0.717, 1.165) is 28.1 Å². The molecule has 0 saturated carbocycles. The molecule has 8 heteroatoms. The van der Waals surface area contributed by atoms with Crippen LogP contribution in [-0.4, -0.2) is 38.7 Å². The monoisotopic (exact) mass is 343 g/mol. The van der Waals surface area contributed by atoms with Gasteiger partial charge in [0.1, 0.15) is 11.0 Å². The highest BCUT2D eigenvalue weighted by molar-refractivity contribution is 8.15. The summed E-state index contributed by atoms with van der Waals surface area (Å²) >= 11 is 1.05. The first-order chi connectivity index (χ1) is 11.5. The second-order valence-electron chi connectivity index (χ2n) is 5.13. The number of hydrogen-bond acceptors (Lipinski definition) is 6. The molecule has 24 heavy (non-hydrogen) atoms. The lowest BCUT2D eigenvalue weighted by atomic mass is 10.1. The summed E-state index contributed by atoms with van der Waals surface area (Å²) in [6.45, 7) is 0. The van der Waals surface area contributed by atoms with Gasteiger partial charge in [-0.15, -0.1) is 5.10 Å². The third-order valence-corrected chi connectivity index (χ3v) is 4.41. The fourth-order valence-electron chi connectivity index (χ4n) is 2.23. The van der Waals surface area contributed by atoms with E-state index in [-0.39, 0.29) is 23.2 Å². The molecule has 0 aliphatic carbocycles. The molecule has 0 aromatic heterocycles. The van der Waals surface area contributed by atoms with Gasteiger partial charge in [-0.3, -0.25) is 9.59 Å². The van der Waals surface area contributed by atoms with Gasteiger partial charge in [-0.05, 0) is 34.5 Å². The third kappa shape index (κ3) is 3.72. The number of aromatic hydroxyl groups is 1. The van der Waals surface area contributed by atoms with E-state index < -0.39 is 11.2 Å². The van der Waals surface area contributed by atoms with Crippen LogP contribution in [0.2, 0.25) is 0 Å². The zero-order chi connectivity index (χ0) is 17.1. The molecule has 1 fully saturated rings. The highest BCUT2D eigenvalue weighted by Gasteiger charge is 2.32. The van der Waals surface area contributed by atoms with Crippen LogP contribution in [-0.2, 0) is 9.59 Å². The van der Waals surface area contributed by atoms with Crippen molar-refractivity contribution in [2.24, 2.45) is 10.2 Å². The van der Waals surface area contributed by atoms with Gasteiger partial charge in [-0.2, -0.15) is 5.10 Å². The number of benzene rings is 2. The number of phenolic OH excluding ortho intramolecular Hbond substituents is 1. The first kappa shape index (κ1) is 16.0. The number of carbonyl (C=O) groups is 2. The Morgan fingerprint density at radius 1 is 1.25 bits per heavy atom. The van der Waals surface area contributed by atoms with Gasteiger partial charge in [0.05, 0.1) is 12.6 Å². The van der Waals surface area contributed by atoms with E-state index >= 15 is 0 Å². The van der Waals surface area contributed by atoms with Crippen LogP contribution in [0.1, 0.15) is 12.0 Å². The summed E-state index contributed by atoms with van der Waals surface area (Å²) in [5, 5.41) is 30.0. The number of amidine groups is 1. The van der Waals surface area contributed by atoms with Crippen molar-refractivity contribution in [1.82, 2.24) is 5.32 Å². The van der Waals surface area contributed by atoms with Crippen LogP contribution in [0, 0.1) is 0 Å². The van der Waals surface area contributed by atoms with Gasteiger partial charge in [0, 0.05) is 0 Å². The van der Waals surface area contributed by atoms with Crippen molar-refractivity contribution < 1.29 is 19.8 Å². The standard InChI is InChI=1S/C16H13N3O4S/c20-12-4-3-10-5-9(1-2-11(10)6-12)8-17-19-16-18-15(23)13(24-16)7-14(21)22/h1-6,8,13,20H,7H2,(H,21,22)(H,18,19,23). The number of aliphatic carboxylic acids is 1. The summed E-state index contributed by atoms with van der Waals surface area (Å²) in [5.74, 6) is -1.20. The van der Waals surface area contributed by atoms with Crippen LogP contribution < -0.4 is 5.32 Å². The summed E-state index contributed by atoms with van der Waals surface area (Å²) in [7, 11) is 0. The summed E-state index contributed by atoms with van der Waals surface area (Å²) in [6, 6.07) is 10.7. The van der Waals surface area contributed by atoms with E-state index in [1.165, 1.54) is 6.21 Å². The molecular formula is C16H13N3O4S. The van der Waals surface area contributed by atoms with E-state index in [4.69, 9.17) is 5.11 Å². The van der Waals surface area contributed by atoms with Crippen molar-refractivity contribution in [2.75, 3.05) is 0 Å². The largest absolute Gasteiger partial charge is 0.508 e. The Bertz CT molecular complexity index is 879. The fraction of sp³-hybridized carbons (Fsp3) is 0.125. The van der Waals surface area contributed by atoms with Crippen molar-refractivity contribution in [3.63, 3.8) is 0 Å². The maximum absolute atomic E-state index is 11.6. The van der Waals surface area contributed by atoms with Gasteiger partial charge in [0.2, 0.25) is 5.91 Å². The zero-order valence-corrected chi connectivity index (χ0v) is 13.2. The quantitative estimate of drug-likeness (QED) is 0.580. The zero-order valence-electron chi connectivity index (χ0n) is 12.3. The Kier molecular flexibility index (Phi) is 4.48. The summed E-state index contributed by atoms with van der Waals surface area (Å²) < 4.78 is 0. The first-order valence-corrected chi connectivity index (χ1v) is 7.92. The Morgan fingerprint density at radius 2 is 2.00 bits per heavy atom. The minimum atomic E-state index is -1.03. The Labute approximate surface area is 141 Å². The van der Waals surface area contributed by atoms with Crippen molar-refractivity contribution in [1.29, 1.82) is 0 Å². The van der Waals surface area contributed by atoms with Gasteiger partial charge in [0.15, 0.2) is 5.17 Å². The van der Waals surface area contributed by atoms with Crippen LogP contribution in [0.4, 0.5) is 0 Å². The molecule has 1 aliphatic heterocycles. The van der Waals surface area contributed by atoms with Gasteiger partial charge < -0.3 is 15.5 Å². The first-order valence-electron chi connectivity index (χ1n) is 7.04. The van der Waals surface area contributed by atoms with Crippen LogP contribution in [0.3, 0.4) is 0 Å². The number of nitrogens with zero attached hydrogens (tertiary/aromatic N) is 2. The predicted molar refractivity (Wildman–Crippen MR) is 92.4 cm³/mol. The molecule has 1 heterocycles. The molecule has 0 spiro atoms. The Hall–Kier alpha value is -2.87. The number of carboxylic acid groups (broad SMARTS) is 1. The molecule has 2 aromatic rings. The van der Waals surface area contributed by atoms with Crippen LogP contribution in [0.15, 0.2) is 46.6 Å². The van der Waals surface area contributed by atoms with E-state index in [1.54, 1.807) is 18.2 Å². The SMILES string of the molecule is O=C(O)CC1SC(=NN=Cc2ccc3cc(O)ccc3c2)NC1=O. The molecule has 3 rings (SSSR count). The number of amides is 1. The fourth-order valence-corrected chi connectivity index (χ4v) is 3.14. The molecule has 2 aromatic carbocycles. The number of carboxylic acids is 1. The highest BCUT2D eigenvalue weighted by atomic mass is 32.2. The molecule has 1 aliphatic rings. The van der Waals surface area contributed by atoms with Gasteiger partial charge in [-0.1, -0.05) is 30.0 Å². The van der Waals surface area contributed by atoms with Gasteiger partial charge in [0.25, 0.3) is 0 Å². The molecular weight excluding hydrogens is 330 g/mol. The number of carbonyl (C=O) groups excluding carboxylic acids is 1. The molecule has 122 valence electrons. The molecule has 1 unspecified atom stereocenters. The normalized spacial score (nSPS) is 19.2. The maximum atomic E-state index is 11.6. The minimum absolute atomic E-state index is 0.209. The van der Waals surface area contributed by atoms with Crippen LogP contribution in [0.25, 0.3) is 10.8 Å². The second kappa shape index (κ2) is 6.71. The van der Waals surface area contributed by atoms with E-state index in [0.29, 0.717) is 0 Å². The number of phenols is 1. The molecule has 1 amide bonds. The number of nitrogens with one attached hydrogen (secondary N) is 1. The predicted octanol–water partition coefficient (Wildman–Crippen LogP) is 1.94. The topological polar surface area (TPSA) is 111 Å². The van der Waals surface area contributed by atoms with Crippen LogP contribution >= 0.6 is 11.8 Å². The van der Waals surface area contributed by atoms with E-state index in [1.807, 2.05) is 18.2 Å². The lowest BCUT2D eigenvalue weighted by Crippen LogP contribution is -2.26. The molecule has 3 N–H and O–H groups in total. The van der Waals surface area contributed by atoms with E-state index in [9.17, 15) is 14.7 Å². The lowest BCUT2D eigenvalue weighted by molar-refractivity contribution is -0.138. The van der Waals surface area contributed by atoms with Gasteiger partial charge in [-0.25, -0.2) is 0 Å². The summed E-state index contributed by atoms with van der Waals surface area (Å²) in [4.78, 5) is 22.2. The lowest BCUT2D eigenvalue weighted by Gasteiger charge is -2.00. The van der Waals surface area contributed by atoms with E-state index in [2.05, 4.69) is 15.5 Å².